The summed E-state index contributed by atoms with van der Waals surface area (Å²) in [4.78, 5) is 28.0. The highest BCUT2D eigenvalue weighted by molar-refractivity contribution is 6.32. The summed E-state index contributed by atoms with van der Waals surface area (Å²) in [5.74, 6) is -1.27. The number of halogens is 2. The van der Waals surface area contributed by atoms with Gasteiger partial charge in [-0.15, -0.1) is 0 Å². The van der Waals surface area contributed by atoms with E-state index in [1.807, 2.05) is 18.0 Å². The van der Waals surface area contributed by atoms with Crippen molar-refractivity contribution in [3.8, 4) is 0 Å². The molecule has 0 spiro atoms. The minimum Gasteiger partial charge on any atom is -0.274 e. The SMILES string of the molecule is Cc1ccc(N2C(=O)[C@H]3[C@@H](C2=O)N2CCCN2[C@@H]3c2ccc(F)cc2)cc1Cl. The van der Waals surface area contributed by atoms with Gasteiger partial charge in [0.2, 0.25) is 5.91 Å². The van der Waals surface area contributed by atoms with Crippen LogP contribution in [-0.4, -0.2) is 41.0 Å². The van der Waals surface area contributed by atoms with Crippen molar-refractivity contribution >= 4 is 29.1 Å². The molecule has 144 valence electrons. The van der Waals surface area contributed by atoms with Crippen molar-refractivity contribution in [3.05, 3.63) is 64.4 Å². The van der Waals surface area contributed by atoms with Gasteiger partial charge in [-0.25, -0.2) is 19.3 Å². The van der Waals surface area contributed by atoms with Crippen LogP contribution in [0.25, 0.3) is 0 Å². The second kappa shape index (κ2) is 6.37. The predicted molar refractivity (Wildman–Crippen MR) is 103 cm³/mol. The number of nitrogens with zero attached hydrogens (tertiary/aromatic N) is 3. The first kappa shape index (κ1) is 17.8. The predicted octanol–water partition coefficient (Wildman–Crippen LogP) is 3.32. The summed E-state index contributed by atoms with van der Waals surface area (Å²) in [6.45, 7) is 3.40. The van der Waals surface area contributed by atoms with Crippen molar-refractivity contribution in [2.45, 2.75) is 25.4 Å². The van der Waals surface area contributed by atoms with Crippen LogP contribution in [0, 0.1) is 18.7 Å². The zero-order valence-electron chi connectivity index (χ0n) is 15.3. The molecule has 3 aliphatic rings. The maximum Gasteiger partial charge on any atom is 0.253 e. The van der Waals surface area contributed by atoms with Gasteiger partial charge in [-0.05, 0) is 48.7 Å². The second-order valence-corrected chi connectivity index (χ2v) is 8.00. The summed E-state index contributed by atoms with van der Waals surface area (Å²) < 4.78 is 13.4. The van der Waals surface area contributed by atoms with Gasteiger partial charge in [0, 0.05) is 18.1 Å². The Hall–Kier alpha value is -2.28. The lowest BCUT2D eigenvalue weighted by Crippen LogP contribution is -2.44. The smallest absolute Gasteiger partial charge is 0.253 e. The van der Waals surface area contributed by atoms with Gasteiger partial charge in [0.25, 0.3) is 5.91 Å². The number of hydrogen-bond acceptors (Lipinski definition) is 4. The number of aryl methyl sites for hydroxylation is 1. The summed E-state index contributed by atoms with van der Waals surface area (Å²) in [6.07, 6.45) is 0.929. The van der Waals surface area contributed by atoms with E-state index in [2.05, 4.69) is 5.01 Å². The first-order valence-electron chi connectivity index (χ1n) is 9.40. The monoisotopic (exact) mass is 399 g/mol. The maximum absolute atomic E-state index is 13.4. The van der Waals surface area contributed by atoms with Gasteiger partial charge in [-0.2, -0.15) is 0 Å². The number of carbonyl (C=O) groups excluding carboxylic acids is 2. The summed E-state index contributed by atoms with van der Waals surface area (Å²) in [5, 5.41) is 4.65. The molecule has 3 atom stereocenters. The topological polar surface area (TPSA) is 43.9 Å². The van der Waals surface area contributed by atoms with Crippen LogP contribution < -0.4 is 4.90 Å². The fraction of sp³-hybridized carbons (Fsp3) is 0.333. The van der Waals surface area contributed by atoms with Crippen LogP contribution in [0.2, 0.25) is 5.02 Å². The van der Waals surface area contributed by atoms with Crippen molar-refractivity contribution < 1.29 is 14.0 Å². The number of hydrogen-bond donors (Lipinski definition) is 0. The molecule has 3 fully saturated rings. The fourth-order valence-electron chi connectivity index (χ4n) is 4.75. The molecule has 3 aliphatic heterocycles. The fourth-order valence-corrected chi connectivity index (χ4v) is 4.92. The molecule has 0 N–H and O–H groups in total. The minimum atomic E-state index is -0.523. The number of fused-ring (bicyclic) bond motifs is 3. The number of amides is 2. The minimum absolute atomic E-state index is 0.216. The lowest BCUT2D eigenvalue weighted by molar-refractivity contribution is -0.126. The van der Waals surface area contributed by atoms with Crippen LogP contribution in [0.1, 0.15) is 23.6 Å². The molecule has 5 nitrogen and oxygen atoms in total. The molecule has 2 amide bonds. The number of imide groups is 1. The highest BCUT2D eigenvalue weighted by atomic mass is 35.5. The van der Waals surface area contributed by atoms with Gasteiger partial charge in [-0.3, -0.25) is 9.59 Å². The quantitative estimate of drug-likeness (QED) is 0.727. The molecule has 0 radical (unpaired) electrons. The molecule has 2 aromatic carbocycles. The Morgan fingerprint density at radius 3 is 2.32 bits per heavy atom. The molecule has 0 bridgehead atoms. The van der Waals surface area contributed by atoms with E-state index in [0.717, 1.165) is 30.6 Å². The molecule has 7 heteroatoms. The molecule has 5 rings (SSSR count). The molecule has 0 unspecified atom stereocenters. The van der Waals surface area contributed by atoms with E-state index in [4.69, 9.17) is 11.6 Å². The average molecular weight is 400 g/mol. The molecule has 0 saturated carbocycles. The number of anilines is 1. The summed E-state index contributed by atoms with van der Waals surface area (Å²) in [7, 11) is 0. The molecule has 0 aliphatic carbocycles. The van der Waals surface area contributed by atoms with Crippen molar-refractivity contribution in [1.29, 1.82) is 0 Å². The Morgan fingerprint density at radius 2 is 1.64 bits per heavy atom. The highest BCUT2D eigenvalue weighted by Crippen LogP contribution is 2.49. The van der Waals surface area contributed by atoms with Gasteiger partial charge in [0.1, 0.15) is 11.9 Å². The van der Waals surface area contributed by atoms with Crippen LogP contribution in [-0.2, 0) is 9.59 Å². The Labute approximate surface area is 167 Å². The van der Waals surface area contributed by atoms with E-state index in [9.17, 15) is 14.0 Å². The molecule has 3 saturated heterocycles. The maximum atomic E-state index is 13.4. The summed E-state index contributed by atoms with van der Waals surface area (Å²) >= 11 is 6.23. The van der Waals surface area contributed by atoms with E-state index in [1.165, 1.54) is 17.0 Å². The number of hydrazine groups is 1. The number of benzene rings is 2. The lowest BCUT2D eigenvalue weighted by atomic mass is 9.90. The molecular formula is C21H19ClFN3O2. The van der Waals surface area contributed by atoms with Gasteiger partial charge >= 0.3 is 0 Å². The Morgan fingerprint density at radius 1 is 0.964 bits per heavy atom. The van der Waals surface area contributed by atoms with Crippen molar-refractivity contribution in [2.75, 3.05) is 18.0 Å². The Balaban J connectivity index is 1.58. The zero-order valence-corrected chi connectivity index (χ0v) is 16.1. The van der Waals surface area contributed by atoms with E-state index in [-0.39, 0.29) is 23.7 Å². The molecule has 28 heavy (non-hydrogen) atoms. The van der Waals surface area contributed by atoms with Crippen molar-refractivity contribution in [2.24, 2.45) is 5.92 Å². The summed E-state index contributed by atoms with van der Waals surface area (Å²) in [6, 6.07) is 10.7. The molecule has 3 heterocycles. The average Bonchev–Trinajstić information content (AvgIpc) is 3.31. The lowest BCUT2D eigenvalue weighted by Gasteiger charge is -2.29. The van der Waals surface area contributed by atoms with E-state index in [1.54, 1.807) is 24.3 Å². The van der Waals surface area contributed by atoms with Gasteiger partial charge in [0.15, 0.2) is 0 Å². The normalized spacial score (nSPS) is 27.5. The molecule has 2 aromatic rings. The van der Waals surface area contributed by atoms with Gasteiger partial charge in [0.05, 0.1) is 17.6 Å². The highest BCUT2D eigenvalue weighted by Gasteiger charge is 2.62. The van der Waals surface area contributed by atoms with Crippen LogP contribution in [0.3, 0.4) is 0 Å². The van der Waals surface area contributed by atoms with Crippen LogP contribution in [0.4, 0.5) is 10.1 Å². The standard InChI is InChI=1S/C21H19ClFN3O2/c1-12-3-8-15(11-16(12)22)26-20(27)17-18(13-4-6-14(23)7-5-13)24-9-2-10-25(24)19(17)21(26)28/h3-8,11,17-19H,2,9-10H2,1H3/t17-,18-,19+/m1/s1. The zero-order chi connectivity index (χ0) is 19.6. The summed E-state index contributed by atoms with van der Waals surface area (Å²) in [5.41, 5.74) is 2.24. The first-order chi connectivity index (χ1) is 13.5. The van der Waals surface area contributed by atoms with E-state index >= 15 is 0 Å². The van der Waals surface area contributed by atoms with Crippen LogP contribution in [0.5, 0.6) is 0 Å². The van der Waals surface area contributed by atoms with Crippen LogP contribution >= 0.6 is 11.6 Å². The van der Waals surface area contributed by atoms with E-state index < -0.39 is 12.0 Å². The third-order valence-electron chi connectivity index (χ3n) is 6.03. The Kier molecular flexibility index (Phi) is 4.05. The number of rotatable bonds is 2. The van der Waals surface area contributed by atoms with Crippen molar-refractivity contribution in [1.82, 2.24) is 10.0 Å². The number of carbonyl (C=O) groups is 2. The second-order valence-electron chi connectivity index (χ2n) is 7.59. The third kappa shape index (κ3) is 2.45. The molecular weight excluding hydrogens is 381 g/mol. The van der Waals surface area contributed by atoms with Crippen LogP contribution in [0.15, 0.2) is 42.5 Å². The van der Waals surface area contributed by atoms with Gasteiger partial charge < -0.3 is 0 Å². The van der Waals surface area contributed by atoms with Crippen molar-refractivity contribution in [3.63, 3.8) is 0 Å². The first-order valence-corrected chi connectivity index (χ1v) is 9.78. The Bertz CT molecular complexity index is 980. The third-order valence-corrected chi connectivity index (χ3v) is 6.44. The van der Waals surface area contributed by atoms with E-state index in [0.29, 0.717) is 10.7 Å². The van der Waals surface area contributed by atoms with Gasteiger partial charge in [-0.1, -0.05) is 29.8 Å². The molecule has 0 aromatic heterocycles. The largest absolute Gasteiger partial charge is 0.274 e.